The fraction of sp³-hybridized carbons (Fsp3) is 0.529. The highest BCUT2D eigenvalue weighted by Gasteiger charge is 2.31. The Morgan fingerprint density at radius 3 is 2.90 bits per heavy atom. The topological polar surface area (TPSA) is 38.5 Å². The van der Waals surface area contributed by atoms with Gasteiger partial charge in [0, 0.05) is 25.2 Å². The minimum absolute atomic E-state index is 0.166. The van der Waals surface area contributed by atoms with E-state index in [1.54, 1.807) is 0 Å². The summed E-state index contributed by atoms with van der Waals surface area (Å²) >= 11 is 0. The monoisotopic (exact) mass is 290 g/mol. The van der Waals surface area contributed by atoms with E-state index >= 15 is 0 Å². The van der Waals surface area contributed by atoms with Gasteiger partial charge in [-0.25, -0.2) is 4.39 Å². The molecule has 0 amide bonds. The van der Waals surface area contributed by atoms with Crippen molar-refractivity contribution in [2.45, 2.75) is 39.0 Å². The smallest absolute Gasteiger partial charge is 0.124 e. The van der Waals surface area contributed by atoms with Gasteiger partial charge in [0.15, 0.2) is 0 Å². The summed E-state index contributed by atoms with van der Waals surface area (Å²) in [4.78, 5) is 2.33. The van der Waals surface area contributed by atoms with Gasteiger partial charge in [-0.15, -0.1) is 0 Å². The third-order valence-electron chi connectivity index (χ3n) is 3.43. The zero-order valence-electron chi connectivity index (χ0n) is 12.9. The number of hydrogen-bond acceptors (Lipinski definition) is 3. The summed E-state index contributed by atoms with van der Waals surface area (Å²) in [5.41, 5.74) is 6.99. The van der Waals surface area contributed by atoms with Crippen molar-refractivity contribution < 1.29 is 9.13 Å². The van der Waals surface area contributed by atoms with E-state index in [9.17, 15) is 4.39 Å². The van der Waals surface area contributed by atoms with Crippen molar-refractivity contribution in [3.8, 4) is 11.8 Å². The van der Waals surface area contributed by atoms with Crippen LogP contribution in [0, 0.1) is 17.7 Å². The third kappa shape index (κ3) is 4.53. The molecule has 1 heterocycles. The first-order chi connectivity index (χ1) is 9.89. The van der Waals surface area contributed by atoms with Crippen LogP contribution in [0.5, 0.6) is 0 Å². The van der Waals surface area contributed by atoms with Crippen LogP contribution in [0.4, 0.5) is 4.39 Å². The van der Waals surface area contributed by atoms with Crippen LogP contribution in [-0.2, 0) is 11.3 Å². The van der Waals surface area contributed by atoms with E-state index < -0.39 is 0 Å². The fourth-order valence-electron chi connectivity index (χ4n) is 2.90. The van der Waals surface area contributed by atoms with Crippen molar-refractivity contribution >= 4 is 0 Å². The predicted octanol–water partition coefficient (Wildman–Crippen LogP) is 2.14. The molecule has 3 nitrogen and oxygen atoms in total. The summed E-state index contributed by atoms with van der Waals surface area (Å²) in [6, 6.07) is 4.77. The Labute approximate surface area is 126 Å². The highest BCUT2D eigenvalue weighted by molar-refractivity contribution is 5.42. The Kier molecular flexibility index (Phi) is 5.00. The Hall–Kier alpha value is -1.41. The number of nitrogens with two attached hydrogens (primary N) is 1. The largest absolute Gasteiger partial charge is 0.370 e. The second-order valence-electron chi connectivity index (χ2n) is 6.17. The molecule has 1 aliphatic rings. The molecule has 0 bridgehead atoms. The molecule has 0 radical (unpaired) electrons. The lowest BCUT2D eigenvalue weighted by Gasteiger charge is -2.41. The van der Waals surface area contributed by atoms with Crippen LogP contribution in [0.15, 0.2) is 18.2 Å². The highest BCUT2D eigenvalue weighted by Crippen LogP contribution is 2.23. The molecule has 0 saturated carbocycles. The first-order valence-electron chi connectivity index (χ1n) is 7.27. The van der Waals surface area contributed by atoms with Gasteiger partial charge in [-0.2, -0.15) is 0 Å². The lowest BCUT2D eigenvalue weighted by Crippen LogP contribution is -2.51. The Bertz CT molecular complexity index is 560. The third-order valence-corrected chi connectivity index (χ3v) is 3.43. The van der Waals surface area contributed by atoms with Gasteiger partial charge >= 0.3 is 0 Å². The molecule has 114 valence electrons. The number of nitrogens with zero attached hydrogens (tertiary/aromatic N) is 1. The summed E-state index contributed by atoms with van der Waals surface area (Å²) in [5.74, 6) is 5.50. The van der Waals surface area contributed by atoms with Gasteiger partial charge in [-0.05, 0) is 38.5 Å². The Morgan fingerprint density at radius 1 is 1.48 bits per heavy atom. The van der Waals surface area contributed by atoms with Gasteiger partial charge < -0.3 is 10.5 Å². The maximum absolute atomic E-state index is 13.4. The molecule has 4 heteroatoms. The second kappa shape index (κ2) is 6.57. The van der Waals surface area contributed by atoms with E-state index in [1.807, 2.05) is 6.07 Å². The van der Waals surface area contributed by atoms with E-state index in [0.29, 0.717) is 0 Å². The molecule has 1 unspecified atom stereocenters. The zero-order chi connectivity index (χ0) is 15.5. The quantitative estimate of drug-likeness (QED) is 0.848. The second-order valence-corrected chi connectivity index (χ2v) is 6.17. The van der Waals surface area contributed by atoms with Crippen LogP contribution < -0.4 is 5.73 Å². The summed E-state index contributed by atoms with van der Waals surface area (Å²) in [7, 11) is 0. The molecule has 21 heavy (non-hydrogen) atoms. The lowest BCUT2D eigenvalue weighted by atomic mass is 10.0. The van der Waals surface area contributed by atoms with Gasteiger partial charge in [0.05, 0.1) is 18.2 Å². The number of halogens is 1. The molecule has 1 atom stereocenters. The van der Waals surface area contributed by atoms with Crippen LogP contribution >= 0.6 is 0 Å². The van der Waals surface area contributed by atoms with Crippen LogP contribution in [0.3, 0.4) is 0 Å². The fourth-order valence-corrected chi connectivity index (χ4v) is 2.90. The van der Waals surface area contributed by atoms with E-state index in [2.05, 4.69) is 37.5 Å². The molecule has 0 aliphatic carbocycles. The van der Waals surface area contributed by atoms with Crippen molar-refractivity contribution in [3.05, 3.63) is 35.1 Å². The number of ether oxygens (including phenoxy) is 1. The molecule has 1 aromatic rings. The van der Waals surface area contributed by atoms with E-state index in [1.165, 1.54) is 12.1 Å². The predicted molar refractivity (Wildman–Crippen MR) is 82.2 cm³/mol. The number of morpholine rings is 1. The summed E-state index contributed by atoms with van der Waals surface area (Å²) in [6.07, 6.45) is 0.188. The van der Waals surface area contributed by atoms with Crippen molar-refractivity contribution in [2.75, 3.05) is 19.6 Å². The first kappa shape index (κ1) is 16.0. The highest BCUT2D eigenvalue weighted by atomic mass is 19.1. The Balaban J connectivity index is 2.19. The maximum atomic E-state index is 13.4. The van der Waals surface area contributed by atoms with Crippen LogP contribution in [0.1, 0.15) is 31.9 Å². The molecule has 1 saturated heterocycles. The van der Waals surface area contributed by atoms with Crippen LogP contribution in [0.2, 0.25) is 0 Å². The summed E-state index contributed by atoms with van der Waals surface area (Å²) in [6.45, 7) is 8.99. The average molecular weight is 290 g/mol. The number of benzene rings is 1. The average Bonchev–Trinajstić information content (AvgIpc) is 2.36. The number of rotatable bonds is 2. The SMILES string of the molecule is CC1CN(Cc2ccc(F)cc2C#CCN)CC(C)(C)O1. The first-order valence-corrected chi connectivity index (χ1v) is 7.27. The molecule has 0 aromatic heterocycles. The minimum Gasteiger partial charge on any atom is -0.370 e. The van der Waals surface area contributed by atoms with Gasteiger partial charge in [0.2, 0.25) is 0 Å². The summed E-state index contributed by atoms with van der Waals surface area (Å²) < 4.78 is 19.3. The number of hydrogen-bond donors (Lipinski definition) is 1. The van der Waals surface area contributed by atoms with E-state index in [4.69, 9.17) is 10.5 Å². The van der Waals surface area contributed by atoms with Crippen molar-refractivity contribution in [3.63, 3.8) is 0 Å². The van der Waals surface area contributed by atoms with Gasteiger partial charge in [-0.3, -0.25) is 4.90 Å². The minimum atomic E-state index is -0.268. The molecule has 1 fully saturated rings. The summed E-state index contributed by atoms with van der Waals surface area (Å²) in [5, 5.41) is 0. The lowest BCUT2D eigenvalue weighted by molar-refractivity contribution is -0.130. The Morgan fingerprint density at radius 2 is 2.24 bits per heavy atom. The van der Waals surface area contributed by atoms with Gasteiger partial charge in [-0.1, -0.05) is 17.9 Å². The van der Waals surface area contributed by atoms with E-state index in [0.717, 1.165) is 30.8 Å². The molecular formula is C17H23FN2O. The van der Waals surface area contributed by atoms with Crippen molar-refractivity contribution in [1.29, 1.82) is 0 Å². The molecular weight excluding hydrogens is 267 g/mol. The van der Waals surface area contributed by atoms with E-state index in [-0.39, 0.29) is 24.1 Å². The van der Waals surface area contributed by atoms with Gasteiger partial charge in [0.1, 0.15) is 5.82 Å². The van der Waals surface area contributed by atoms with Crippen molar-refractivity contribution in [2.24, 2.45) is 5.73 Å². The van der Waals surface area contributed by atoms with Crippen molar-refractivity contribution in [1.82, 2.24) is 4.90 Å². The van der Waals surface area contributed by atoms with Crippen LogP contribution in [0.25, 0.3) is 0 Å². The molecule has 1 aliphatic heterocycles. The maximum Gasteiger partial charge on any atom is 0.124 e. The van der Waals surface area contributed by atoms with Gasteiger partial charge in [0.25, 0.3) is 0 Å². The standard InChI is InChI=1S/C17H23FN2O/c1-13-10-20(12-17(2,3)21-13)11-15-6-7-16(18)9-14(15)5-4-8-19/h6-7,9,13H,8,10-12,19H2,1-3H3. The molecule has 2 N–H and O–H groups in total. The molecule has 0 spiro atoms. The molecule has 2 rings (SSSR count). The normalized spacial score (nSPS) is 21.7. The molecule has 1 aromatic carbocycles. The zero-order valence-corrected chi connectivity index (χ0v) is 12.9. The van der Waals surface area contributed by atoms with Crippen LogP contribution in [-0.4, -0.2) is 36.2 Å².